The van der Waals surface area contributed by atoms with Gasteiger partial charge in [-0.2, -0.15) is 0 Å². The zero-order valence-corrected chi connectivity index (χ0v) is 12.9. The van der Waals surface area contributed by atoms with Crippen LogP contribution in [0.2, 0.25) is 0 Å². The van der Waals surface area contributed by atoms with Crippen LogP contribution in [-0.2, 0) is 4.79 Å². The Morgan fingerprint density at radius 1 is 1.29 bits per heavy atom. The lowest BCUT2D eigenvalue weighted by Crippen LogP contribution is -2.54. The average molecular weight is 289 g/mol. The van der Waals surface area contributed by atoms with Crippen molar-refractivity contribution in [3.05, 3.63) is 29.3 Å². The molecule has 5 nitrogen and oxygen atoms in total. The maximum Gasteiger partial charge on any atom is 0.251 e. The van der Waals surface area contributed by atoms with E-state index in [2.05, 4.69) is 16.0 Å². The van der Waals surface area contributed by atoms with Gasteiger partial charge in [-0.25, -0.2) is 0 Å². The van der Waals surface area contributed by atoms with Gasteiger partial charge in [0.1, 0.15) is 0 Å². The van der Waals surface area contributed by atoms with E-state index in [-0.39, 0.29) is 11.8 Å². The molecule has 1 unspecified atom stereocenters. The molecule has 0 spiro atoms. The molecule has 0 bridgehead atoms. The number of carbonyl (C=O) groups excluding carboxylic acids is 2. The van der Waals surface area contributed by atoms with E-state index < -0.39 is 5.54 Å². The average Bonchev–Trinajstić information content (AvgIpc) is 2.49. The van der Waals surface area contributed by atoms with E-state index in [9.17, 15) is 9.59 Å². The van der Waals surface area contributed by atoms with Crippen LogP contribution in [0.5, 0.6) is 0 Å². The predicted octanol–water partition coefficient (Wildman–Crippen LogP) is 1.83. The Balaban J connectivity index is 2.19. The number of carbonyl (C=O) groups is 2. The molecule has 1 aliphatic heterocycles. The number of piperidine rings is 1. The summed E-state index contributed by atoms with van der Waals surface area (Å²) in [6.45, 7) is 4.64. The number of rotatable bonds is 3. The molecule has 21 heavy (non-hydrogen) atoms. The molecule has 5 heteroatoms. The molecule has 0 aliphatic carbocycles. The van der Waals surface area contributed by atoms with Gasteiger partial charge in [-0.05, 0) is 57.4 Å². The topological polar surface area (TPSA) is 70.2 Å². The first kappa shape index (κ1) is 15.5. The number of hydrogen-bond acceptors (Lipinski definition) is 3. The van der Waals surface area contributed by atoms with Crippen molar-refractivity contribution in [2.24, 2.45) is 0 Å². The Kier molecular flexibility index (Phi) is 4.63. The monoisotopic (exact) mass is 289 g/mol. The second-order valence-electron chi connectivity index (χ2n) is 5.73. The fourth-order valence-corrected chi connectivity index (χ4v) is 2.66. The normalized spacial score (nSPS) is 21.7. The molecule has 1 heterocycles. The van der Waals surface area contributed by atoms with Gasteiger partial charge in [0.25, 0.3) is 5.91 Å². The van der Waals surface area contributed by atoms with Gasteiger partial charge in [0.05, 0.1) is 5.54 Å². The molecule has 114 valence electrons. The molecule has 1 fully saturated rings. The molecule has 0 radical (unpaired) electrons. The van der Waals surface area contributed by atoms with E-state index in [0.717, 1.165) is 31.4 Å². The minimum Gasteiger partial charge on any atom is -0.355 e. The van der Waals surface area contributed by atoms with Crippen LogP contribution in [0.15, 0.2) is 18.2 Å². The zero-order chi connectivity index (χ0) is 15.5. The van der Waals surface area contributed by atoms with Crippen molar-refractivity contribution in [3.63, 3.8) is 0 Å². The first-order chi connectivity index (χ1) is 9.98. The Morgan fingerprint density at radius 3 is 2.67 bits per heavy atom. The summed E-state index contributed by atoms with van der Waals surface area (Å²) in [6.07, 6.45) is 2.98. The summed E-state index contributed by atoms with van der Waals surface area (Å²) >= 11 is 0. The van der Waals surface area contributed by atoms with Gasteiger partial charge < -0.3 is 16.0 Å². The standard InChI is InChI=1S/C16H23N3O2/c1-11-12(14(20)17-3)7-6-8-13(11)19-15(21)16(2)9-4-5-10-18-16/h6-8,18H,4-5,9-10H2,1-3H3,(H,17,20)(H,19,21). The van der Waals surface area contributed by atoms with Crippen molar-refractivity contribution in [3.8, 4) is 0 Å². The van der Waals surface area contributed by atoms with Gasteiger partial charge in [-0.1, -0.05) is 6.07 Å². The SMILES string of the molecule is CNC(=O)c1cccc(NC(=O)C2(C)CCCCN2)c1C. The highest BCUT2D eigenvalue weighted by atomic mass is 16.2. The maximum atomic E-state index is 12.5. The second kappa shape index (κ2) is 6.26. The lowest BCUT2D eigenvalue weighted by molar-refractivity contribution is -0.122. The third-order valence-electron chi connectivity index (χ3n) is 4.17. The van der Waals surface area contributed by atoms with E-state index in [1.165, 1.54) is 0 Å². The highest BCUT2D eigenvalue weighted by Crippen LogP contribution is 2.24. The third kappa shape index (κ3) is 3.24. The first-order valence-corrected chi connectivity index (χ1v) is 7.36. The Bertz CT molecular complexity index is 548. The molecule has 1 atom stereocenters. The lowest BCUT2D eigenvalue weighted by Gasteiger charge is -2.33. The molecule has 2 amide bonds. The Labute approximate surface area is 125 Å². The second-order valence-corrected chi connectivity index (χ2v) is 5.73. The van der Waals surface area contributed by atoms with E-state index in [1.807, 2.05) is 19.9 Å². The number of amides is 2. The lowest BCUT2D eigenvalue weighted by atomic mass is 9.90. The van der Waals surface area contributed by atoms with E-state index >= 15 is 0 Å². The smallest absolute Gasteiger partial charge is 0.251 e. The van der Waals surface area contributed by atoms with Crippen LogP contribution in [0, 0.1) is 6.92 Å². The first-order valence-electron chi connectivity index (χ1n) is 7.36. The highest BCUT2D eigenvalue weighted by Gasteiger charge is 2.34. The molecule has 1 aromatic carbocycles. The van der Waals surface area contributed by atoms with Gasteiger partial charge >= 0.3 is 0 Å². The van der Waals surface area contributed by atoms with E-state index in [0.29, 0.717) is 11.3 Å². The van der Waals surface area contributed by atoms with Crippen LogP contribution in [0.4, 0.5) is 5.69 Å². The Hall–Kier alpha value is -1.88. The summed E-state index contributed by atoms with van der Waals surface area (Å²) in [5.41, 5.74) is 1.52. The third-order valence-corrected chi connectivity index (χ3v) is 4.17. The van der Waals surface area contributed by atoms with Crippen LogP contribution in [0.3, 0.4) is 0 Å². The summed E-state index contributed by atoms with van der Waals surface area (Å²) in [6, 6.07) is 5.36. The van der Waals surface area contributed by atoms with Gasteiger partial charge in [0.15, 0.2) is 0 Å². The molecular weight excluding hydrogens is 266 g/mol. The summed E-state index contributed by atoms with van der Waals surface area (Å²) in [5, 5.41) is 8.86. The zero-order valence-electron chi connectivity index (χ0n) is 12.9. The van der Waals surface area contributed by atoms with Crippen LogP contribution >= 0.6 is 0 Å². The fraction of sp³-hybridized carbons (Fsp3) is 0.500. The number of nitrogens with one attached hydrogen (secondary N) is 3. The van der Waals surface area contributed by atoms with Crippen molar-refractivity contribution in [2.75, 3.05) is 18.9 Å². The molecule has 1 aliphatic rings. The van der Waals surface area contributed by atoms with Crippen LogP contribution in [-0.4, -0.2) is 30.9 Å². The summed E-state index contributed by atoms with van der Waals surface area (Å²) in [4.78, 5) is 24.3. The number of hydrogen-bond donors (Lipinski definition) is 3. The Morgan fingerprint density at radius 2 is 2.05 bits per heavy atom. The molecule has 1 saturated heterocycles. The van der Waals surface area contributed by atoms with Gasteiger partial charge in [-0.3, -0.25) is 9.59 Å². The molecule has 0 saturated carbocycles. The highest BCUT2D eigenvalue weighted by molar-refractivity contribution is 6.01. The predicted molar refractivity (Wildman–Crippen MR) is 83.5 cm³/mol. The van der Waals surface area contributed by atoms with Crippen LogP contribution in [0.25, 0.3) is 0 Å². The van der Waals surface area contributed by atoms with Crippen molar-refractivity contribution >= 4 is 17.5 Å². The van der Waals surface area contributed by atoms with Crippen molar-refractivity contribution < 1.29 is 9.59 Å². The van der Waals surface area contributed by atoms with Crippen molar-refractivity contribution in [2.45, 2.75) is 38.6 Å². The number of anilines is 1. The molecule has 2 rings (SSSR count). The number of benzene rings is 1. The minimum atomic E-state index is -0.534. The van der Waals surface area contributed by atoms with E-state index in [1.54, 1.807) is 19.2 Å². The largest absolute Gasteiger partial charge is 0.355 e. The quantitative estimate of drug-likeness (QED) is 0.795. The van der Waals surface area contributed by atoms with Crippen LogP contribution < -0.4 is 16.0 Å². The van der Waals surface area contributed by atoms with Crippen molar-refractivity contribution in [1.29, 1.82) is 0 Å². The van der Waals surface area contributed by atoms with Crippen LogP contribution in [0.1, 0.15) is 42.1 Å². The molecule has 1 aromatic rings. The van der Waals surface area contributed by atoms with E-state index in [4.69, 9.17) is 0 Å². The fourth-order valence-electron chi connectivity index (χ4n) is 2.66. The minimum absolute atomic E-state index is 0.0423. The van der Waals surface area contributed by atoms with Gasteiger partial charge in [-0.15, -0.1) is 0 Å². The van der Waals surface area contributed by atoms with Crippen molar-refractivity contribution in [1.82, 2.24) is 10.6 Å². The summed E-state index contributed by atoms with van der Waals surface area (Å²) in [5.74, 6) is -0.190. The summed E-state index contributed by atoms with van der Waals surface area (Å²) in [7, 11) is 1.60. The maximum absolute atomic E-state index is 12.5. The van der Waals surface area contributed by atoms with Gasteiger partial charge in [0.2, 0.25) is 5.91 Å². The summed E-state index contributed by atoms with van der Waals surface area (Å²) < 4.78 is 0. The molecule has 0 aromatic heterocycles. The molecular formula is C16H23N3O2. The molecule has 3 N–H and O–H groups in total. The van der Waals surface area contributed by atoms with Gasteiger partial charge in [0, 0.05) is 18.3 Å².